The zero-order valence-corrected chi connectivity index (χ0v) is 23.2. The molecule has 0 fully saturated rings. The Hall–Kier alpha value is -5.10. The standard InChI is InChI=1S/C20H21NO2.C16H13NO/c1-3-14-22-15-4-5-16-23-20-12-8-18(9-13-20)17-6-10-19(21-2)11-7-17;1-3-12-18-16-10-6-14(7-11-16)13-4-8-15(17-2)9-5-13/h3,6-13H,1,4-5,14-16H2;3-11H,1,12H2. The Labute approximate surface area is 243 Å². The Bertz CT molecular complexity index is 1430. The van der Waals surface area contributed by atoms with Gasteiger partial charge in [-0.05, 0) is 59.4 Å². The van der Waals surface area contributed by atoms with Crippen molar-refractivity contribution in [3.63, 3.8) is 0 Å². The summed E-state index contributed by atoms with van der Waals surface area (Å²) in [7, 11) is 0. The zero-order valence-electron chi connectivity index (χ0n) is 23.2. The minimum atomic E-state index is 0.513. The van der Waals surface area contributed by atoms with Gasteiger partial charge in [-0.25, -0.2) is 9.69 Å². The van der Waals surface area contributed by atoms with Gasteiger partial charge in [-0.1, -0.05) is 91.5 Å². The van der Waals surface area contributed by atoms with Gasteiger partial charge in [0.25, 0.3) is 0 Å². The number of benzene rings is 4. The molecule has 0 aromatic heterocycles. The third-order valence-corrected chi connectivity index (χ3v) is 5.92. The van der Waals surface area contributed by atoms with Gasteiger partial charge in [0.2, 0.25) is 0 Å². The molecule has 0 amide bonds. The van der Waals surface area contributed by atoms with Crippen LogP contribution in [-0.4, -0.2) is 26.4 Å². The monoisotopic (exact) mass is 542 g/mol. The van der Waals surface area contributed by atoms with Crippen molar-refractivity contribution < 1.29 is 14.2 Å². The predicted octanol–water partition coefficient (Wildman–Crippen LogP) is 9.74. The van der Waals surface area contributed by atoms with Gasteiger partial charge in [0.1, 0.15) is 18.1 Å². The normalized spacial score (nSPS) is 9.80. The Kier molecular flexibility index (Phi) is 13.0. The van der Waals surface area contributed by atoms with Crippen LogP contribution in [0.5, 0.6) is 11.5 Å². The molecule has 0 heterocycles. The fraction of sp³-hybridized carbons (Fsp3) is 0.167. The predicted molar refractivity (Wildman–Crippen MR) is 168 cm³/mol. The average Bonchev–Trinajstić information content (AvgIpc) is 3.04. The first-order valence-electron chi connectivity index (χ1n) is 13.4. The van der Waals surface area contributed by atoms with Crippen LogP contribution in [0.3, 0.4) is 0 Å². The Morgan fingerprint density at radius 3 is 1.32 bits per heavy atom. The highest BCUT2D eigenvalue weighted by molar-refractivity contribution is 5.67. The quantitative estimate of drug-likeness (QED) is 0.0958. The summed E-state index contributed by atoms with van der Waals surface area (Å²) in [6.45, 7) is 23.7. The molecular weight excluding hydrogens is 508 g/mol. The van der Waals surface area contributed by atoms with Crippen molar-refractivity contribution in [2.24, 2.45) is 0 Å². The van der Waals surface area contributed by atoms with E-state index < -0.39 is 0 Å². The topological polar surface area (TPSA) is 36.4 Å². The smallest absolute Gasteiger partial charge is 0.187 e. The molecule has 0 aliphatic rings. The molecule has 0 N–H and O–H groups in total. The number of unbranched alkanes of at least 4 members (excludes halogenated alkanes) is 1. The second-order valence-electron chi connectivity index (χ2n) is 8.88. The van der Waals surface area contributed by atoms with Crippen LogP contribution in [0.2, 0.25) is 0 Å². The van der Waals surface area contributed by atoms with Crippen molar-refractivity contribution in [3.8, 4) is 33.8 Å². The second-order valence-corrected chi connectivity index (χ2v) is 8.88. The molecule has 5 heteroatoms. The van der Waals surface area contributed by atoms with Crippen LogP contribution >= 0.6 is 0 Å². The SMILES string of the molecule is [C-]#[N+]c1ccc(-c2ccc(OCC=C)cc2)cc1.[C-]#[N+]c1ccc(-c2ccc(OCCCCOCC=C)cc2)cc1. The summed E-state index contributed by atoms with van der Waals surface area (Å²) in [5.41, 5.74) is 5.74. The molecule has 4 rings (SSSR count). The van der Waals surface area contributed by atoms with E-state index in [2.05, 4.69) is 22.8 Å². The minimum absolute atomic E-state index is 0.513. The van der Waals surface area contributed by atoms with E-state index in [9.17, 15) is 0 Å². The summed E-state index contributed by atoms with van der Waals surface area (Å²) < 4.78 is 16.5. The van der Waals surface area contributed by atoms with Gasteiger partial charge in [-0.2, -0.15) is 0 Å². The van der Waals surface area contributed by atoms with Gasteiger partial charge in [0.05, 0.1) is 26.4 Å². The number of ether oxygens (including phenoxy) is 3. The van der Waals surface area contributed by atoms with E-state index in [-0.39, 0.29) is 0 Å². The maximum atomic E-state index is 6.97. The van der Waals surface area contributed by atoms with Gasteiger partial charge in [0, 0.05) is 6.61 Å². The lowest BCUT2D eigenvalue weighted by Crippen LogP contribution is -2.00. The highest BCUT2D eigenvalue weighted by atomic mass is 16.5. The summed E-state index contributed by atoms with van der Waals surface area (Å²) in [5, 5.41) is 0. The number of rotatable bonds is 13. The zero-order chi connectivity index (χ0) is 29.1. The molecule has 0 saturated heterocycles. The highest BCUT2D eigenvalue weighted by Gasteiger charge is 2.01. The Morgan fingerprint density at radius 1 is 0.512 bits per heavy atom. The van der Waals surface area contributed by atoms with Gasteiger partial charge in [0.15, 0.2) is 11.4 Å². The van der Waals surface area contributed by atoms with Gasteiger partial charge in [-0.3, -0.25) is 0 Å². The van der Waals surface area contributed by atoms with Crippen molar-refractivity contribution in [1.82, 2.24) is 0 Å². The van der Waals surface area contributed by atoms with E-state index in [1.54, 1.807) is 12.2 Å². The van der Waals surface area contributed by atoms with Gasteiger partial charge >= 0.3 is 0 Å². The van der Waals surface area contributed by atoms with Gasteiger partial charge in [-0.15, -0.1) is 6.58 Å². The maximum Gasteiger partial charge on any atom is 0.187 e. The molecule has 4 aromatic rings. The lowest BCUT2D eigenvalue weighted by atomic mass is 10.1. The van der Waals surface area contributed by atoms with E-state index in [0.29, 0.717) is 31.2 Å². The van der Waals surface area contributed by atoms with Crippen molar-refractivity contribution in [2.45, 2.75) is 12.8 Å². The lowest BCUT2D eigenvalue weighted by molar-refractivity contribution is 0.152. The molecule has 0 radical (unpaired) electrons. The third kappa shape index (κ3) is 10.5. The van der Waals surface area contributed by atoms with E-state index in [1.807, 2.05) is 97.1 Å². The molecule has 0 bridgehead atoms. The van der Waals surface area contributed by atoms with Crippen LogP contribution < -0.4 is 9.47 Å². The second kappa shape index (κ2) is 17.5. The molecule has 0 saturated carbocycles. The van der Waals surface area contributed by atoms with Crippen LogP contribution in [0, 0.1) is 13.1 Å². The fourth-order valence-corrected chi connectivity index (χ4v) is 3.76. The summed E-state index contributed by atoms with van der Waals surface area (Å²) in [4.78, 5) is 6.77. The molecule has 0 spiro atoms. The fourth-order valence-electron chi connectivity index (χ4n) is 3.76. The Morgan fingerprint density at radius 2 is 0.902 bits per heavy atom. The van der Waals surface area contributed by atoms with Crippen molar-refractivity contribution in [2.75, 3.05) is 26.4 Å². The average molecular weight is 543 g/mol. The lowest BCUT2D eigenvalue weighted by Gasteiger charge is -2.08. The van der Waals surface area contributed by atoms with Crippen LogP contribution in [0.15, 0.2) is 122 Å². The van der Waals surface area contributed by atoms with Crippen LogP contribution in [-0.2, 0) is 4.74 Å². The molecule has 0 atom stereocenters. The summed E-state index contributed by atoms with van der Waals surface area (Å²) in [5.74, 6) is 1.70. The van der Waals surface area contributed by atoms with E-state index in [0.717, 1.165) is 53.2 Å². The van der Waals surface area contributed by atoms with Crippen LogP contribution in [0.1, 0.15) is 12.8 Å². The molecule has 206 valence electrons. The molecule has 41 heavy (non-hydrogen) atoms. The summed E-state index contributed by atoms with van der Waals surface area (Å²) >= 11 is 0. The molecule has 4 aromatic carbocycles. The number of nitrogens with zero attached hydrogens (tertiary/aromatic N) is 2. The van der Waals surface area contributed by atoms with Gasteiger partial charge < -0.3 is 14.2 Å². The number of hydrogen-bond acceptors (Lipinski definition) is 3. The molecule has 5 nitrogen and oxygen atoms in total. The first kappa shape index (κ1) is 30.4. The highest BCUT2D eigenvalue weighted by Crippen LogP contribution is 2.26. The first-order valence-corrected chi connectivity index (χ1v) is 13.4. The molecular formula is C36H34N2O3. The minimum Gasteiger partial charge on any atom is -0.494 e. The Balaban J connectivity index is 0.000000232. The largest absolute Gasteiger partial charge is 0.494 e. The van der Waals surface area contributed by atoms with Crippen molar-refractivity contribution in [3.05, 3.63) is 145 Å². The van der Waals surface area contributed by atoms with Crippen molar-refractivity contribution in [1.29, 1.82) is 0 Å². The first-order chi connectivity index (χ1) is 20.2. The van der Waals surface area contributed by atoms with Crippen LogP contribution in [0.4, 0.5) is 11.4 Å². The van der Waals surface area contributed by atoms with Crippen LogP contribution in [0.25, 0.3) is 31.9 Å². The molecule has 0 aliphatic heterocycles. The molecule has 0 aliphatic carbocycles. The molecule has 0 unspecified atom stereocenters. The maximum absolute atomic E-state index is 6.97. The van der Waals surface area contributed by atoms with E-state index in [1.165, 1.54) is 0 Å². The number of hydrogen-bond donors (Lipinski definition) is 0. The summed E-state index contributed by atoms with van der Waals surface area (Å²) in [6, 6.07) is 31.1. The van der Waals surface area contributed by atoms with E-state index >= 15 is 0 Å². The summed E-state index contributed by atoms with van der Waals surface area (Å²) in [6.07, 6.45) is 5.43. The van der Waals surface area contributed by atoms with E-state index in [4.69, 9.17) is 27.4 Å². The third-order valence-electron chi connectivity index (χ3n) is 5.92. The van der Waals surface area contributed by atoms with Crippen molar-refractivity contribution >= 4 is 11.4 Å².